The minimum Gasteiger partial charge on any atom is -0.370 e. The van der Waals surface area contributed by atoms with Gasteiger partial charge in [-0.3, -0.25) is 9.89 Å². The molecule has 1 unspecified atom stereocenters. The van der Waals surface area contributed by atoms with Gasteiger partial charge in [-0.05, 0) is 50.2 Å². The molecule has 1 aliphatic heterocycles. The Hall–Kier alpha value is -0.910. The molecular weight excluding hydrogens is 316 g/mol. The van der Waals surface area contributed by atoms with Crippen LogP contribution in [0.2, 0.25) is 5.02 Å². The Morgan fingerprint density at radius 3 is 2.95 bits per heavy atom. The molecule has 0 saturated carbocycles. The van der Waals surface area contributed by atoms with Gasteiger partial charge in [0, 0.05) is 28.3 Å². The van der Waals surface area contributed by atoms with Gasteiger partial charge < -0.3 is 11.1 Å². The molecule has 3 N–H and O–H groups in total. The number of benzene rings is 1. The van der Waals surface area contributed by atoms with Crippen molar-refractivity contribution in [2.24, 2.45) is 10.7 Å². The molecule has 6 heteroatoms. The Balaban J connectivity index is 1.63. The van der Waals surface area contributed by atoms with Crippen LogP contribution in [0.1, 0.15) is 19.8 Å². The van der Waals surface area contributed by atoms with Crippen LogP contribution in [0.15, 0.2) is 34.2 Å². The van der Waals surface area contributed by atoms with E-state index < -0.39 is 0 Å². The molecule has 22 heavy (non-hydrogen) atoms. The van der Waals surface area contributed by atoms with Crippen LogP contribution >= 0.6 is 23.4 Å². The van der Waals surface area contributed by atoms with Gasteiger partial charge in [0.15, 0.2) is 5.96 Å². The van der Waals surface area contributed by atoms with Gasteiger partial charge in [0.05, 0.1) is 6.54 Å². The fourth-order valence-corrected chi connectivity index (χ4v) is 3.55. The summed E-state index contributed by atoms with van der Waals surface area (Å²) in [6, 6.07) is 8.45. The third-order valence-corrected chi connectivity index (χ3v) is 5.13. The van der Waals surface area contributed by atoms with Gasteiger partial charge in [-0.25, -0.2) is 0 Å². The fourth-order valence-electron chi connectivity index (χ4n) is 2.66. The number of nitrogens with two attached hydrogens (primary N) is 1. The van der Waals surface area contributed by atoms with Gasteiger partial charge in [-0.1, -0.05) is 18.5 Å². The van der Waals surface area contributed by atoms with E-state index in [-0.39, 0.29) is 0 Å². The predicted molar refractivity (Wildman–Crippen MR) is 96.9 cm³/mol. The first-order valence-electron chi connectivity index (χ1n) is 7.85. The van der Waals surface area contributed by atoms with Gasteiger partial charge in [0.1, 0.15) is 0 Å². The zero-order valence-electron chi connectivity index (χ0n) is 13.1. The maximum absolute atomic E-state index is 5.93. The number of likely N-dealkylation sites (N-methyl/N-ethyl adjacent to an activating group) is 1. The first-order valence-corrected chi connectivity index (χ1v) is 9.21. The highest BCUT2D eigenvalue weighted by molar-refractivity contribution is 7.99. The first-order chi connectivity index (χ1) is 10.7. The number of hydrogen-bond acceptors (Lipinski definition) is 3. The third-order valence-electron chi connectivity index (χ3n) is 3.87. The molecule has 122 valence electrons. The lowest BCUT2D eigenvalue weighted by atomic mass is 10.2. The molecule has 1 fully saturated rings. The number of halogens is 1. The highest BCUT2D eigenvalue weighted by Gasteiger charge is 2.22. The lowest BCUT2D eigenvalue weighted by Gasteiger charge is -2.20. The van der Waals surface area contributed by atoms with Crippen molar-refractivity contribution < 1.29 is 0 Å². The maximum Gasteiger partial charge on any atom is 0.188 e. The molecule has 1 atom stereocenters. The predicted octanol–water partition coefficient (Wildman–Crippen LogP) is 2.82. The lowest BCUT2D eigenvalue weighted by Crippen LogP contribution is -2.36. The Morgan fingerprint density at radius 2 is 2.23 bits per heavy atom. The van der Waals surface area contributed by atoms with E-state index in [0.717, 1.165) is 30.4 Å². The number of nitrogens with zero attached hydrogens (tertiary/aromatic N) is 2. The van der Waals surface area contributed by atoms with Crippen LogP contribution in [0.25, 0.3) is 0 Å². The average Bonchev–Trinajstić information content (AvgIpc) is 2.99. The maximum atomic E-state index is 5.93. The molecule has 0 aromatic heterocycles. The molecule has 2 rings (SSSR count). The smallest absolute Gasteiger partial charge is 0.188 e. The monoisotopic (exact) mass is 340 g/mol. The number of thioether (sulfide) groups is 1. The summed E-state index contributed by atoms with van der Waals surface area (Å²) >= 11 is 7.65. The summed E-state index contributed by atoms with van der Waals surface area (Å²) in [5.74, 6) is 1.50. The minimum absolute atomic E-state index is 0.555. The van der Waals surface area contributed by atoms with Gasteiger partial charge in [0.2, 0.25) is 0 Å². The molecular formula is C16H25ClN4S. The molecule has 1 aliphatic rings. The van der Waals surface area contributed by atoms with Crippen molar-refractivity contribution in [2.45, 2.75) is 30.7 Å². The largest absolute Gasteiger partial charge is 0.370 e. The summed E-state index contributed by atoms with van der Waals surface area (Å²) < 4.78 is 0. The zero-order valence-corrected chi connectivity index (χ0v) is 14.7. The normalized spacial score (nSPS) is 19.5. The van der Waals surface area contributed by atoms with Crippen LogP contribution in [-0.4, -0.2) is 48.8 Å². The average molecular weight is 341 g/mol. The highest BCUT2D eigenvalue weighted by Crippen LogP contribution is 2.19. The van der Waals surface area contributed by atoms with Crippen LogP contribution in [0.4, 0.5) is 0 Å². The molecule has 1 heterocycles. The molecule has 0 spiro atoms. The second-order valence-electron chi connectivity index (χ2n) is 5.38. The van der Waals surface area contributed by atoms with E-state index in [0.29, 0.717) is 12.0 Å². The summed E-state index contributed by atoms with van der Waals surface area (Å²) in [5, 5.41) is 3.95. The number of guanidine groups is 1. The Morgan fingerprint density at radius 1 is 1.45 bits per heavy atom. The number of rotatable bonds is 7. The second-order valence-corrected chi connectivity index (χ2v) is 6.98. The Labute approximate surface area is 142 Å². The van der Waals surface area contributed by atoms with E-state index in [1.165, 1.54) is 24.3 Å². The summed E-state index contributed by atoms with van der Waals surface area (Å²) in [6.07, 6.45) is 2.51. The quantitative estimate of drug-likeness (QED) is 0.347. The number of nitrogens with one attached hydrogen (secondary N) is 1. The van der Waals surface area contributed by atoms with E-state index in [4.69, 9.17) is 17.3 Å². The molecule has 1 saturated heterocycles. The van der Waals surface area contributed by atoms with E-state index in [1.54, 1.807) is 11.8 Å². The van der Waals surface area contributed by atoms with Crippen LogP contribution < -0.4 is 11.1 Å². The SMILES string of the molecule is CCN1CCCC1CN=C(N)NCCSc1ccc(Cl)cc1. The van der Waals surface area contributed by atoms with Gasteiger partial charge >= 0.3 is 0 Å². The number of likely N-dealkylation sites (tertiary alicyclic amines) is 1. The van der Waals surface area contributed by atoms with Gasteiger partial charge in [0.25, 0.3) is 0 Å². The minimum atomic E-state index is 0.555. The van der Waals surface area contributed by atoms with E-state index in [2.05, 4.69) is 22.1 Å². The third kappa shape index (κ3) is 5.71. The molecule has 0 radical (unpaired) electrons. The van der Waals surface area contributed by atoms with Crippen molar-refractivity contribution >= 4 is 29.3 Å². The Kier molecular flexibility index (Phi) is 7.36. The van der Waals surface area contributed by atoms with E-state index >= 15 is 0 Å². The van der Waals surface area contributed by atoms with Crippen molar-refractivity contribution in [3.8, 4) is 0 Å². The summed E-state index contributed by atoms with van der Waals surface area (Å²) in [5.41, 5.74) is 5.93. The van der Waals surface area contributed by atoms with Crippen molar-refractivity contribution in [3.63, 3.8) is 0 Å². The topological polar surface area (TPSA) is 53.6 Å². The van der Waals surface area contributed by atoms with Crippen LogP contribution in [0, 0.1) is 0 Å². The Bertz CT molecular complexity index is 478. The summed E-state index contributed by atoms with van der Waals surface area (Å²) in [7, 11) is 0. The number of aliphatic imine (C=N–C) groups is 1. The van der Waals surface area contributed by atoms with Crippen LogP contribution in [0.5, 0.6) is 0 Å². The zero-order chi connectivity index (χ0) is 15.8. The standard InChI is InChI=1S/C16H25ClN4S/c1-2-21-10-3-4-14(21)12-20-16(18)19-9-11-22-15-7-5-13(17)6-8-15/h5-8,14H,2-4,9-12H2,1H3,(H3,18,19,20). The fraction of sp³-hybridized carbons (Fsp3) is 0.562. The van der Waals surface area contributed by atoms with Crippen LogP contribution in [-0.2, 0) is 0 Å². The first kappa shape index (κ1) is 17.4. The van der Waals surface area contributed by atoms with Gasteiger partial charge in [-0.15, -0.1) is 11.8 Å². The second kappa shape index (κ2) is 9.28. The van der Waals surface area contributed by atoms with Crippen LogP contribution in [0.3, 0.4) is 0 Å². The molecule has 1 aromatic rings. The molecule has 4 nitrogen and oxygen atoms in total. The van der Waals surface area contributed by atoms with Crippen molar-refractivity contribution in [1.29, 1.82) is 0 Å². The molecule has 0 amide bonds. The van der Waals surface area contributed by atoms with Crippen molar-refractivity contribution in [2.75, 3.05) is 31.9 Å². The van der Waals surface area contributed by atoms with Gasteiger partial charge in [-0.2, -0.15) is 0 Å². The van der Waals surface area contributed by atoms with Crippen molar-refractivity contribution in [1.82, 2.24) is 10.2 Å². The summed E-state index contributed by atoms with van der Waals surface area (Å²) in [4.78, 5) is 8.17. The van der Waals surface area contributed by atoms with Crippen molar-refractivity contribution in [3.05, 3.63) is 29.3 Å². The van der Waals surface area contributed by atoms with E-state index in [1.807, 2.05) is 24.3 Å². The molecule has 0 aliphatic carbocycles. The number of hydrogen-bond donors (Lipinski definition) is 2. The molecule has 0 bridgehead atoms. The summed E-state index contributed by atoms with van der Waals surface area (Å²) in [6.45, 7) is 6.12. The highest BCUT2D eigenvalue weighted by atomic mass is 35.5. The lowest BCUT2D eigenvalue weighted by molar-refractivity contribution is 0.273. The molecule has 1 aromatic carbocycles. The van der Waals surface area contributed by atoms with E-state index in [9.17, 15) is 0 Å².